The fourth-order valence-corrected chi connectivity index (χ4v) is 4.70. The molecule has 44 heavy (non-hydrogen) atoms. The first kappa shape index (κ1) is 31.5. The normalized spacial score (nSPS) is 10.3. The van der Waals surface area contributed by atoms with Crippen LogP contribution in [-0.2, 0) is 35.6 Å². The molecular weight excluding hydrogens is 554 g/mol. The van der Waals surface area contributed by atoms with Gasteiger partial charge in [0.15, 0.2) is 0 Å². The maximum absolute atomic E-state index is 12.7. The van der Waals surface area contributed by atoms with Gasteiger partial charge in [-0.15, -0.1) is 0 Å². The summed E-state index contributed by atoms with van der Waals surface area (Å²) in [6, 6.07) is 29.8. The number of amides is 1. The molecule has 3 N–H and O–H groups in total. The number of fused-ring (bicyclic) bond motifs is 1. The fraction of sp³-hybridized carbons (Fsp3) is 0.194. The number of esters is 1. The van der Waals surface area contributed by atoms with Crippen molar-refractivity contribution >= 4 is 22.8 Å². The van der Waals surface area contributed by atoms with Gasteiger partial charge < -0.3 is 24.9 Å². The number of carbonyl (C=O) groups is 2. The number of nitrogens with two attached hydrogens (primary N) is 1. The van der Waals surface area contributed by atoms with Gasteiger partial charge in [0.2, 0.25) is 0 Å². The van der Waals surface area contributed by atoms with Crippen LogP contribution in [0.4, 0.5) is 0 Å². The molecule has 1 amide bonds. The van der Waals surface area contributed by atoms with Crippen LogP contribution in [0.5, 0.6) is 5.75 Å². The van der Waals surface area contributed by atoms with Gasteiger partial charge in [0.1, 0.15) is 23.7 Å². The molecule has 1 heterocycles. The number of rotatable bonds is 10. The quantitative estimate of drug-likeness (QED) is 0.174. The maximum Gasteiger partial charge on any atom is 0.310 e. The summed E-state index contributed by atoms with van der Waals surface area (Å²) in [5, 5.41) is 12.9. The lowest BCUT2D eigenvalue weighted by molar-refractivity contribution is -0.139. The number of para-hydroxylation sites is 1. The molecule has 0 spiro atoms. The number of methoxy groups -OCH3 is 1. The van der Waals surface area contributed by atoms with Crippen LogP contribution in [-0.4, -0.2) is 19.0 Å². The Morgan fingerprint density at radius 3 is 2.50 bits per heavy atom. The van der Waals surface area contributed by atoms with E-state index >= 15 is 0 Å². The number of hydrogen-bond acceptors (Lipinski definition) is 7. The fourth-order valence-electron chi connectivity index (χ4n) is 4.70. The van der Waals surface area contributed by atoms with Gasteiger partial charge in [0.05, 0.1) is 31.7 Å². The van der Waals surface area contributed by atoms with Crippen molar-refractivity contribution in [2.24, 2.45) is 5.73 Å². The molecule has 0 fully saturated rings. The summed E-state index contributed by atoms with van der Waals surface area (Å²) in [6.07, 6.45) is 0.112. The zero-order chi connectivity index (χ0) is 31.5. The Hall–Kier alpha value is -5.39. The molecule has 0 radical (unpaired) electrons. The van der Waals surface area contributed by atoms with Crippen LogP contribution in [0.2, 0.25) is 0 Å². The van der Waals surface area contributed by atoms with Crippen LogP contribution in [0.15, 0.2) is 95.4 Å². The molecule has 224 valence electrons. The summed E-state index contributed by atoms with van der Waals surface area (Å²) in [7, 11) is 1.36. The van der Waals surface area contributed by atoms with E-state index in [2.05, 4.69) is 5.32 Å². The summed E-state index contributed by atoms with van der Waals surface area (Å²) in [5.41, 5.74) is 11.8. The van der Waals surface area contributed by atoms with Crippen LogP contribution in [0, 0.1) is 11.3 Å². The Kier molecular flexibility index (Phi) is 10.9. The molecule has 4 aromatic carbocycles. The van der Waals surface area contributed by atoms with E-state index in [1.807, 2.05) is 86.6 Å². The highest BCUT2D eigenvalue weighted by molar-refractivity contribution is 5.95. The van der Waals surface area contributed by atoms with E-state index in [1.54, 1.807) is 24.3 Å². The minimum absolute atomic E-state index is 0.112. The molecule has 0 unspecified atom stereocenters. The Bertz CT molecular complexity index is 1800. The van der Waals surface area contributed by atoms with E-state index in [4.69, 9.17) is 24.9 Å². The largest absolute Gasteiger partial charge is 0.489 e. The van der Waals surface area contributed by atoms with Crippen molar-refractivity contribution in [3.63, 3.8) is 0 Å². The Labute approximate surface area is 257 Å². The van der Waals surface area contributed by atoms with Crippen LogP contribution in [0.3, 0.4) is 0 Å². The molecule has 0 saturated carbocycles. The average Bonchev–Trinajstić information content (AvgIpc) is 3.50. The predicted octanol–water partition coefficient (Wildman–Crippen LogP) is 6.68. The van der Waals surface area contributed by atoms with Crippen LogP contribution in [0.25, 0.3) is 22.1 Å². The predicted molar refractivity (Wildman–Crippen MR) is 170 cm³/mol. The van der Waals surface area contributed by atoms with Crippen molar-refractivity contribution in [1.82, 2.24) is 5.32 Å². The van der Waals surface area contributed by atoms with Crippen LogP contribution < -0.4 is 15.8 Å². The number of hydrogen-bond donors (Lipinski definition) is 2. The van der Waals surface area contributed by atoms with E-state index in [-0.39, 0.29) is 31.4 Å². The lowest BCUT2D eigenvalue weighted by Crippen LogP contribution is -2.22. The van der Waals surface area contributed by atoms with Crippen LogP contribution >= 0.6 is 0 Å². The average molecular weight is 590 g/mol. The monoisotopic (exact) mass is 589 g/mol. The van der Waals surface area contributed by atoms with Crippen molar-refractivity contribution in [3.05, 3.63) is 125 Å². The summed E-state index contributed by atoms with van der Waals surface area (Å²) in [5.74, 6) is 0.534. The van der Waals surface area contributed by atoms with Gasteiger partial charge in [0, 0.05) is 28.6 Å². The van der Waals surface area contributed by atoms with Crippen molar-refractivity contribution < 1.29 is 23.5 Å². The van der Waals surface area contributed by atoms with Crippen molar-refractivity contribution in [2.45, 2.75) is 40.0 Å². The first-order valence-electron chi connectivity index (χ1n) is 14.4. The summed E-state index contributed by atoms with van der Waals surface area (Å²) < 4.78 is 17.3. The third-order valence-electron chi connectivity index (χ3n) is 6.81. The number of carbonyl (C=O) groups excluding carboxylic acids is 2. The Balaban J connectivity index is 0.00000216. The first-order chi connectivity index (χ1) is 21.5. The highest BCUT2D eigenvalue weighted by Crippen LogP contribution is 2.34. The third-order valence-corrected chi connectivity index (χ3v) is 6.81. The van der Waals surface area contributed by atoms with Crippen molar-refractivity contribution in [3.8, 4) is 22.9 Å². The summed E-state index contributed by atoms with van der Waals surface area (Å²) in [6.45, 7) is 4.82. The molecule has 1 aromatic heterocycles. The molecule has 0 aliphatic heterocycles. The second kappa shape index (κ2) is 15.2. The van der Waals surface area contributed by atoms with E-state index in [1.165, 1.54) is 7.11 Å². The van der Waals surface area contributed by atoms with Gasteiger partial charge in [-0.05, 0) is 65.2 Å². The lowest BCUT2D eigenvalue weighted by Gasteiger charge is -2.12. The molecule has 0 aliphatic rings. The van der Waals surface area contributed by atoms with Gasteiger partial charge in [-0.1, -0.05) is 56.3 Å². The number of nitrogens with one attached hydrogen (secondary N) is 1. The Morgan fingerprint density at radius 2 is 1.73 bits per heavy atom. The van der Waals surface area contributed by atoms with E-state index < -0.39 is 0 Å². The van der Waals surface area contributed by atoms with Gasteiger partial charge in [-0.3, -0.25) is 9.59 Å². The molecular formula is C36H35N3O5. The molecule has 5 rings (SSSR count). The number of ether oxygens (including phenoxy) is 2. The van der Waals surface area contributed by atoms with Gasteiger partial charge in [0.25, 0.3) is 5.91 Å². The van der Waals surface area contributed by atoms with E-state index in [0.29, 0.717) is 34.8 Å². The smallest absolute Gasteiger partial charge is 0.310 e. The number of nitrogens with zero attached hydrogens (tertiary/aromatic N) is 1. The second-order valence-corrected chi connectivity index (χ2v) is 9.70. The summed E-state index contributed by atoms with van der Waals surface area (Å²) >= 11 is 0. The minimum atomic E-state index is -0.342. The molecule has 0 bridgehead atoms. The molecule has 0 atom stereocenters. The van der Waals surface area contributed by atoms with Crippen LogP contribution in [0.1, 0.15) is 52.2 Å². The zero-order valence-corrected chi connectivity index (χ0v) is 25.1. The van der Waals surface area contributed by atoms with Gasteiger partial charge >= 0.3 is 5.97 Å². The highest BCUT2D eigenvalue weighted by Gasteiger charge is 2.16. The van der Waals surface area contributed by atoms with Crippen molar-refractivity contribution in [2.75, 3.05) is 7.11 Å². The number of nitriles is 1. The third kappa shape index (κ3) is 7.71. The number of benzene rings is 4. The van der Waals surface area contributed by atoms with Gasteiger partial charge in [-0.2, -0.15) is 5.26 Å². The second-order valence-electron chi connectivity index (χ2n) is 9.70. The topological polar surface area (TPSA) is 128 Å². The lowest BCUT2D eigenvalue weighted by atomic mass is 9.99. The minimum Gasteiger partial charge on any atom is -0.489 e. The SMILES string of the molecule is CC.COC(=O)Cc1ccccc1OCc1cc(-c2cccc(CN)c2)c2oc(CNC(=O)c3cccc(C#N)c3)cc2c1. The number of furan rings is 1. The molecule has 0 aliphatic carbocycles. The first-order valence-corrected chi connectivity index (χ1v) is 14.4. The highest BCUT2D eigenvalue weighted by atomic mass is 16.5. The molecule has 8 nitrogen and oxygen atoms in total. The Morgan fingerprint density at radius 1 is 0.932 bits per heavy atom. The molecule has 0 saturated heterocycles. The standard InChI is InChI=1S/C34H29N3O5.C2H6/c1-40-32(38)17-26-8-2-3-11-31(26)41-21-24-14-28-16-29(20-37-34(39)27-10-5-7-23(13-27)19-36)42-33(28)30(15-24)25-9-4-6-22(12-25)18-35;1-2/h2-16H,17-18,20-21,35H2,1H3,(H,37,39);1-2H3. The van der Waals surface area contributed by atoms with E-state index in [9.17, 15) is 9.59 Å². The molecule has 5 aromatic rings. The van der Waals surface area contributed by atoms with Crippen molar-refractivity contribution in [1.29, 1.82) is 5.26 Å². The maximum atomic E-state index is 12.7. The molecule has 8 heteroatoms. The summed E-state index contributed by atoms with van der Waals surface area (Å²) in [4.78, 5) is 24.6. The zero-order valence-electron chi connectivity index (χ0n) is 25.1. The van der Waals surface area contributed by atoms with E-state index in [0.717, 1.165) is 33.2 Å². The van der Waals surface area contributed by atoms with Gasteiger partial charge in [-0.25, -0.2) is 0 Å².